The Morgan fingerprint density at radius 1 is 0.906 bits per heavy atom. The molecule has 2 aliphatic carbocycles. The van der Waals surface area contributed by atoms with E-state index in [-0.39, 0.29) is 18.9 Å². The second-order valence-electron chi connectivity index (χ2n) is 8.58. The van der Waals surface area contributed by atoms with E-state index in [9.17, 15) is 14.7 Å². The van der Waals surface area contributed by atoms with Gasteiger partial charge in [0.15, 0.2) is 0 Å². The molecule has 162 valence electrons. The second kappa shape index (κ2) is 8.50. The van der Waals surface area contributed by atoms with Gasteiger partial charge in [-0.05, 0) is 52.1 Å². The van der Waals surface area contributed by atoms with Crippen LogP contribution in [0.4, 0.5) is 4.79 Å². The second-order valence-corrected chi connectivity index (χ2v) is 8.58. The number of carbonyl (C=O) groups is 2. The largest absolute Gasteiger partial charge is 0.480 e. The van der Waals surface area contributed by atoms with Crippen LogP contribution in [-0.4, -0.2) is 29.8 Å². The Kier molecular flexibility index (Phi) is 5.39. The summed E-state index contributed by atoms with van der Waals surface area (Å²) in [5.41, 5.74) is 6.70. The summed E-state index contributed by atoms with van der Waals surface area (Å²) in [4.78, 5) is 24.2. The maximum absolute atomic E-state index is 12.5. The predicted molar refractivity (Wildman–Crippen MR) is 122 cm³/mol. The van der Waals surface area contributed by atoms with Gasteiger partial charge in [0.25, 0.3) is 0 Å². The van der Waals surface area contributed by atoms with E-state index in [0.29, 0.717) is 5.92 Å². The highest BCUT2D eigenvalue weighted by Crippen LogP contribution is 2.44. The molecule has 2 aliphatic rings. The van der Waals surface area contributed by atoms with E-state index < -0.39 is 18.1 Å². The molecule has 5 rings (SSSR count). The zero-order valence-corrected chi connectivity index (χ0v) is 17.7. The van der Waals surface area contributed by atoms with Gasteiger partial charge in [-0.15, -0.1) is 0 Å². The highest BCUT2D eigenvalue weighted by atomic mass is 16.5. The van der Waals surface area contributed by atoms with Gasteiger partial charge in [0, 0.05) is 12.3 Å². The summed E-state index contributed by atoms with van der Waals surface area (Å²) >= 11 is 0. The Bertz CT molecular complexity index is 1100. The summed E-state index contributed by atoms with van der Waals surface area (Å²) in [5.74, 6) is -0.491. The lowest BCUT2D eigenvalue weighted by molar-refractivity contribution is -0.139. The lowest BCUT2D eigenvalue weighted by atomic mass is 9.98. The predicted octanol–water partition coefficient (Wildman–Crippen LogP) is 5.10. The van der Waals surface area contributed by atoms with E-state index >= 15 is 0 Å². The third-order valence-electron chi connectivity index (χ3n) is 6.40. The quantitative estimate of drug-likeness (QED) is 0.550. The van der Waals surface area contributed by atoms with Gasteiger partial charge >= 0.3 is 12.1 Å². The molecule has 3 aromatic rings. The zero-order chi connectivity index (χ0) is 22.1. The standard InChI is InChI=1S/C27H25NO4/c29-26(30)25(15-17-9-11-18(12-10-17)19-13-14-19)28-27(31)32-16-24-22-7-3-1-5-20(22)21-6-2-4-8-23(21)24/h1-12,19,24-25H,13-16H2,(H,28,31)(H,29,30)/t25-/m0/s1. The molecule has 0 unspecified atom stereocenters. The third-order valence-corrected chi connectivity index (χ3v) is 6.40. The first-order valence-corrected chi connectivity index (χ1v) is 11.0. The first kappa shape index (κ1) is 20.3. The molecule has 3 aromatic carbocycles. The number of aliphatic carboxylic acids is 1. The van der Waals surface area contributed by atoms with Crippen LogP contribution in [0.1, 0.15) is 46.9 Å². The van der Waals surface area contributed by atoms with Gasteiger partial charge in [-0.25, -0.2) is 9.59 Å². The molecule has 5 heteroatoms. The van der Waals surface area contributed by atoms with Gasteiger partial charge in [-0.2, -0.15) is 0 Å². The molecule has 2 N–H and O–H groups in total. The van der Waals surface area contributed by atoms with E-state index in [4.69, 9.17) is 4.74 Å². The average Bonchev–Trinajstić information content (AvgIpc) is 3.61. The number of hydrogen-bond acceptors (Lipinski definition) is 3. The van der Waals surface area contributed by atoms with Crippen molar-refractivity contribution in [2.45, 2.75) is 37.1 Å². The zero-order valence-electron chi connectivity index (χ0n) is 17.7. The molecule has 32 heavy (non-hydrogen) atoms. The van der Waals surface area contributed by atoms with E-state index in [1.54, 1.807) is 0 Å². The molecule has 0 heterocycles. The van der Waals surface area contributed by atoms with Crippen molar-refractivity contribution in [3.8, 4) is 11.1 Å². The molecule has 1 fully saturated rings. The van der Waals surface area contributed by atoms with Crippen molar-refractivity contribution in [2.24, 2.45) is 0 Å². The molecule has 0 aliphatic heterocycles. The Hall–Kier alpha value is -3.60. The van der Waals surface area contributed by atoms with Gasteiger partial charge in [0.1, 0.15) is 12.6 Å². The van der Waals surface area contributed by atoms with E-state index in [1.165, 1.54) is 18.4 Å². The summed E-state index contributed by atoms with van der Waals surface area (Å²) in [6.45, 7) is 0.155. The summed E-state index contributed by atoms with van der Waals surface area (Å²) in [5, 5.41) is 12.1. The van der Waals surface area contributed by atoms with Crippen molar-refractivity contribution < 1.29 is 19.4 Å². The number of hydrogen-bond donors (Lipinski definition) is 2. The number of ether oxygens (including phenoxy) is 1. The maximum Gasteiger partial charge on any atom is 0.407 e. The molecular formula is C27H25NO4. The van der Waals surface area contributed by atoms with Crippen molar-refractivity contribution in [1.29, 1.82) is 0 Å². The minimum Gasteiger partial charge on any atom is -0.480 e. The highest BCUT2D eigenvalue weighted by molar-refractivity contribution is 5.81. The van der Waals surface area contributed by atoms with Gasteiger partial charge in [-0.1, -0.05) is 72.8 Å². The molecular weight excluding hydrogens is 402 g/mol. The molecule has 0 aromatic heterocycles. The summed E-state index contributed by atoms with van der Waals surface area (Å²) in [6, 6.07) is 23.2. The number of rotatable bonds is 7. The molecule has 5 nitrogen and oxygen atoms in total. The number of benzene rings is 3. The fourth-order valence-electron chi connectivity index (χ4n) is 4.56. The van der Waals surface area contributed by atoms with E-state index in [1.807, 2.05) is 48.5 Å². The molecule has 1 amide bonds. The van der Waals surface area contributed by atoms with Crippen molar-refractivity contribution in [2.75, 3.05) is 6.61 Å². The highest BCUT2D eigenvalue weighted by Gasteiger charge is 2.30. The van der Waals surface area contributed by atoms with Gasteiger partial charge in [0.05, 0.1) is 0 Å². The number of alkyl carbamates (subject to hydrolysis) is 1. The number of amides is 1. The minimum atomic E-state index is -1.08. The monoisotopic (exact) mass is 427 g/mol. The maximum atomic E-state index is 12.5. The van der Waals surface area contributed by atoms with Crippen LogP contribution in [0.15, 0.2) is 72.8 Å². The Morgan fingerprint density at radius 2 is 1.50 bits per heavy atom. The smallest absolute Gasteiger partial charge is 0.407 e. The molecule has 0 saturated heterocycles. The molecule has 0 spiro atoms. The van der Waals surface area contributed by atoms with Crippen LogP contribution in [0.3, 0.4) is 0 Å². The molecule has 0 bridgehead atoms. The summed E-state index contributed by atoms with van der Waals surface area (Å²) in [7, 11) is 0. The van der Waals surface area contributed by atoms with Crippen LogP contribution >= 0.6 is 0 Å². The van der Waals surface area contributed by atoms with Crippen LogP contribution < -0.4 is 5.32 Å². The summed E-state index contributed by atoms with van der Waals surface area (Å²) < 4.78 is 5.50. The number of fused-ring (bicyclic) bond motifs is 3. The van der Waals surface area contributed by atoms with Crippen LogP contribution in [0, 0.1) is 0 Å². The molecule has 1 atom stereocenters. The van der Waals surface area contributed by atoms with Gasteiger partial charge < -0.3 is 15.2 Å². The Morgan fingerprint density at radius 3 is 2.06 bits per heavy atom. The molecule has 0 radical (unpaired) electrons. The molecule has 1 saturated carbocycles. The first-order valence-electron chi connectivity index (χ1n) is 11.0. The fourth-order valence-corrected chi connectivity index (χ4v) is 4.56. The average molecular weight is 428 g/mol. The lowest BCUT2D eigenvalue weighted by Gasteiger charge is -2.17. The Labute approximate surface area is 187 Å². The minimum absolute atomic E-state index is 0.0635. The van der Waals surface area contributed by atoms with Crippen molar-refractivity contribution in [1.82, 2.24) is 5.32 Å². The SMILES string of the molecule is O=C(N[C@@H](Cc1ccc(C2CC2)cc1)C(=O)O)OCC1c2ccccc2-c2ccccc21. The normalized spacial score (nSPS) is 15.5. The number of carbonyl (C=O) groups excluding carboxylic acids is 1. The number of nitrogens with one attached hydrogen (secondary N) is 1. The van der Waals surface area contributed by atoms with Crippen LogP contribution in [-0.2, 0) is 16.0 Å². The Balaban J connectivity index is 1.23. The van der Waals surface area contributed by atoms with Crippen molar-refractivity contribution in [3.05, 3.63) is 95.1 Å². The fraction of sp³-hybridized carbons (Fsp3) is 0.259. The summed E-state index contributed by atoms with van der Waals surface area (Å²) in [6.07, 6.45) is 1.94. The van der Waals surface area contributed by atoms with Crippen LogP contribution in [0.2, 0.25) is 0 Å². The number of carboxylic acids is 1. The van der Waals surface area contributed by atoms with Crippen LogP contribution in [0.5, 0.6) is 0 Å². The van der Waals surface area contributed by atoms with E-state index in [2.05, 4.69) is 29.6 Å². The van der Waals surface area contributed by atoms with Crippen LogP contribution in [0.25, 0.3) is 11.1 Å². The van der Waals surface area contributed by atoms with Gasteiger partial charge in [-0.3, -0.25) is 0 Å². The van der Waals surface area contributed by atoms with Crippen molar-refractivity contribution >= 4 is 12.1 Å². The number of carboxylic acid groups (broad SMARTS) is 1. The first-order chi connectivity index (χ1) is 15.6. The van der Waals surface area contributed by atoms with Gasteiger partial charge in [0.2, 0.25) is 0 Å². The van der Waals surface area contributed by atoms with Crippen molar-refractivity contribution in [3.63, 3.8) is 0 Å². The lowest BCUT2D eigenvalue weighted by Crippen LogP contribution is -2.42. The van der Waals surface area contributed by atoms with E-state index in [0.717, 1.165) is 27.8 Å². The third kappa shape index (κ3) is 4.11. The topological polar surface area (TPSA) is 75.6 Å².